The van der Waals surface area contributed by atoms with E-state index in [1.807, 2.05) is 18.3 Å². The van der Waals surface area contributed by atoms with Gasteiger partial charge in [-0.1, -0.05) is 29.8 Å². The van der Waals surface area contributed by atoms with Crippen LogP contribution in [0.25, 0.3) is 5.57 Å². The second-order valence-corrected chi connectivity index (χ2v) is 8.21. The standard InChI is InChI=1S/C22H23ClN4O/c23-18-5-3-16(4-6-18)17-7-10-26(11-8-17)14-15-12-19-21(24-13-15)27-9-1-2-20(27)22(28)25-19/h3-7,12-13,20H,1-2,8-11,14H2,(H,25,28)/t20-/m0/s1. The number of rotatable bonds is 3. The predicted octanol–water partition coefficient (Wildman–Crippen LogP) is 3.95. The van der Waals surface area contributed by atoms with Crippen LogP contribution in [0, 0.1) is 0 Å². The van der Waals surface area contributed by atoms with Crippen LogP contribution in [-0.2, 0) is 11.3 Å². The van der Waals surface area contributed by atoms with Crippen LogP contribution >= 0.6 is 11.6 Å². The molecule has 1 N–H and O–H groups in total. The lowest BCUT2D eigenvalue weighted by atomic mass is 9.99. The number of aromatic nitrogens is 1. The summed E-state index contributed by atoms with van der Waals surface area (Å²) in [6.07, 6.45) is 7.26. The molecule has 0 saturated carbocycles. The number of nitrogens with one attached hydrogen (secondary N) is 1. The number of benzene rings is 1. The van der Waals surface area contributed by atoms with Crippen LogP contribution in [-0.4, -0.2) is 41.5 Å². The van der Waals surface area contributed by atoms with E-state index in [0.29, 0.717) is 0 Å². The summed E-state index contributed by atoms with van der Waals surface area (Å²) in [7, 11) is 0. The maximum absolute atomic E-state index is 12.3. The minimum Gasteiger partial charge on any atom is -0.343 e. The Balaban J connectivity index is 1.28. The average Bonchev–Trinajstić information content (AvgIpc) is 3.20. The van der Waals surface area contributed by atoms with Crippen molar-refractivity contribution in [3.8, 4) is 0 Å². The van der Waals surface area contributed by atoms with E-state index in [1.165, 1.54) is 11.1 Å². The Morgan fingerprint density at radius 1 is 1.21 bits per heavy atom. The van der Waals surface area contributed by atoms with Gasteiger partial charge >= 0.3 is 0 Å². The van der Waals surface area contributed by atoms with Crippen LogP contribution in [0.5, 0.6) is 0 Å². The van der Waals surface area contributed by atoms with Crippen LogP contribution in [0.2, 0.25) is 5.02 Å². The lowest BCUT2D eigenvalue weighted by molar-refractivity contribution is -0.117. The van der Waals surface area contributed by atoms with E-state index in [9.17, 15) is 4.79 Å². The molecule has 1 aromatic heterocycles. The van der Waals surface area contributed by atoms with Gasteiger partial charge in [-0.25, -0.2) is 4.98 Å². The normalized spacial score (nSPS) is 21.8. The molecule has 1 aromatic carbocycles. The summed E-state index contributed by atoms with van der Waals surface area (Å²) in [4.78, 5) is 21.6. The Hall–Kier alpha value is -2.37. The third-order valence-corrected chi connectivity index (χ3v) is 6.18. The first-order valence-electron chi connectivity index (χ1n) is 9.91. The molecule has 1 saturated heterocycles. The first-order valence-corrected chi connectivity index (χ1v) is 10.3. The van der Waals surface area contributed by atoms with Crippen molar-refractivity contribution < 1.29 is 4.79 Å². The number of pyridine rings is 1. The van der Waals surface area contributed by atoms with Gasteiger partial charge in [-0.3, -0.25) is 9.69 Å². The summed E-state index contributed by atoms with van der Waals surface area (Å²) >= 11 is 5.99. The molecule has 0 radical (unpaired) electrons. The van der Waals surface area contributed by atoms with Crippen molar-refractivity contribution in [2.75, 3.05) is 29.9 Å². The molecular weight excluding hydrogens is 372 g/mol. The van der Waals surface area contributed by atoms with Gasteiger partial charge in [0, 0.05) is 37.4 Å². The Labute approximate surface area is 170 Å². The second-order valence-electron chi connectivity index (χ2n) is 7.78. The number of hydrogen-bond donors (Lipinski definition) is 1. The molecule has 1 amide bonds. The van der Waals surface area contributed by atoms with Crippen LogP contribution < -0.4 is 10.2 Å². The van der Waals surface area contributed by atoms with Crippen molar-refractivity contribution in [2.45, 2.75) is 31.8 Å². The van der Waals surface area contributed by atoms with Gasteiger partial charge in [0.1, 0.15) is 6.04 Å². The zero-order valence-electron chi connectivity index (χ0n) is 15.7. The van der Waals surface area contributed by atoms with E-state index in [2.05, 4.69) is 44.4 Å². The number of carbonyl (C=O) groups excluding carboxylic acids is 1. The maximum atomic E-state index is 12.3. The monoisotopic (exact) mass is 394 g/mol. The molecule has 4 heterocycles. The molecule has 0 unspecified atom stereocenters. The SMILES string of the molecule is O=C1Nc2cc(CN3CC=C(c4ccc(Cl)cc4)CC3)cnc2N2CCC[C@@H]12. The summed E-state index contributed by atoms with van der Waals surface area (Å²) in [6, 6.07) is 10.1. The molecule has 0 aliphatic carbocycles. The van der Waals surface area contributed by atoms with Gasteiger partial charge in [-0.15, -0.1) is 0 Å². The van der Waals surface area contributed by atoms with Crippen molar-refractivity contribution in [2.24, 2.45) is 0 Å². The first kappa shape index (κ1) is 17.7. The van der Waals surface area contributed by atoms with Crippen molar-refractivity contribution in [3.63, 3.8) is 0 Å². The van der Waals surface area contributed by atoms with Crippen molar-refractivity contribution in [1.29, 1.82) is 0 Å². The third-order valence-electron chi connectivity index (χ3n) is 5.92. The van der Waals surface area contributed by atoms with Crippen molar-refractivity contribution >= 4 is 34.6 Å². The fraction of sp³-hybridized carbons (Fsp3) is 0.364. The smallest absolute Gasteiger partial charge is 0.247 e. The molecule has 5 nitrogen and oxygen atoms in total. The molecule has 144 valence electrons. The van der Waals surface area contributed by atoms with Gasteiger partial charge in [0.25, 0.3) is 0 Å². The summed E-state index contributed by atoms with van der Waals surface area (Å²) in [6.45, 7) is 3.67. The molecule has 3 aliphatic rings. The van der Waals surface area contributed by atoms with Gasteiger partial charge in [-0.2, -0.15) is 0 Å². The van der Waals surface area contributed by atoms with E-state index in [0.717, 1.165) is 67.5 Å². The topological polar surface area (TPSA) is 48.5 Å². The van der Waals surface area contributed by atoms with Crippen LogP contribution in [0.4, 0.5) is 11.5 Å². The lowest BCUT2D eigenvalue weighted by Crippen LogP contribution is -2.44. The van der Waals surface area contributed by atoms with E-state index >= 15 is 0 Å². The summed E-state index contributed by atoms with van der Waals surface area (Å²) < 4.78 is 0. The lowest BCUT2D eigenvalue weighted by Gasteiger charge is -2.32. The van der Waals surface area contributed by atoms with E-state index in [-0.39, 0.29) is 11.9 Å². The average molecular weight is 395 g/mol. The van der Waals surface area contributed by atoms with Gasteiger partial charge in [-0.05, 0) is 54.2 Å². The third kappa shape index (κ3) is 3.29. The highest BCUT2D eigenvalue weighted by molar-refractivity contribution is 6.30. The number of halogens is 1. The number of hydrogen-bond acceptors (Lipinski definition) is 4. The Morgan fingerprint density at radius 3 is 2.86 bits per heavy atom. The highest BCUT2D eigenvalue weighted by atomic mass is 35.5. The first-order chi connectivity index (χ1) is 13.7. The van der Waals surface area contributed by atoms with Crippen LogP contribution in [0.15, 0.2) is 42.6 Å². The van der Waals surface area contributed by atoms with Crippen LogP contribution in [0.3, 0.4) is 0 Å². The molecule has 2 aromatic rings. The zero-order chi connectivity index (χ0) is 19.1. The van der Waals surface area contributed by atoms with Crippen molar-refractivity contribution in [3.05, 3.63) is 58.8 Å². The summed E-state index contributed by atoms with van der Waals surface area (Å²) in [5.41, 5.74) is 4.63. The van der Waals surface area contributed by atoms with E-state index in [4.69, 9.17) is 11.6 Å². The molecule has 6 heteroatoms. The molecule has 0 bridgehead atoms. The van der Waals surface area contributed by atoms with Crippen LogP contribution in [0.1, 0.15) is 30.4 Å². The molecular formula is C22H23ClN4O. The van der Waals surface area contributed by atoms with Crippen molar-refractivity contribution in [1.82, 2.24) is 9.88 Å². The largest absolute Gasteiger partial charge is 0.343 e. The number of fused-ring (bicyclic) bond motifs is 3. The maximum Gasteiger partial charge on any atom is 0.247 e. The van der Waals surface area contributed by atoms with Gasteiger partial charge < -0.3 is 10.2 Å². The zero-order valence-corrected chi connectivity index (χ0v) is 16.5. The fourth-order valence-electron chi connectivity index (χ4n) is 4.46. The second kappa shape index (κ2) is 7.22. The number of anilines is 2. The predicted molar refractivity (Wildman–Crippen MR) is 113 cm³/mol. The van der Waals surface area contributed by atoms with Gasteiger partial charge in [0.2, 0.25) is 5.91 Å². The van der Waals surface area contributed by atoms with E-state index in [1.54, 1.807) is 0 Å². The molecule has 3 aliphatic heterocycles. The highest BCUT2D eigenvalue weighted by Gasteiger charge is 2.37. The van der Waals surface area contributed by atoms with E-state index < -0.39 is 0 Å². The quantitative estimate of drug-likeness (QED) is 0.856. The molecule has 1 fully saturated rings. The molecule has 28 heavy (non-hydrogen) atoms. The Morgan fingerprint density at radius 2 is 2.07 bits per heavy atom. The highest BCUT2D eigenvalue weighted by Crippen LogP contribution is 2.35. The number of amides is 1. The summed E-state index contributed by atoms with van der Waals surface area (Å²) in [5, 5.41) is 3.83. The minimum atomic E-state index is -0.0376. The fourth-order valence-corrected chi connectivity index (χ4v) is 4.58. The molecule has 1 atom stereocenters. The van der Waals surface area contributed by atoms with Gasteiger partial charge in [0.15, 0.2) is 5.82 Å². The number of nitrogens with zero attached hydrogens (tertiary/aromatic N) is 3. The minimum absolute atomic E-state index is 0.0376. The van der Waals surface area contributed by atoms with Gasteiger partial charge in [0.05, 0.1) is 5.69 Å². The summed E-state index contributed by atoms with van der Waals surface area (Å²) in [5.74, 6) is 1.03. The Kier molecular flexibility index (Phi) is 4.57. The Bertz CT molecular complexity index is 940. The molecule has 0 spiro atoms. The molecule has 5 rings (SSSR count). The number of carbonyl (C=O) groups is 1.